The van der Waals surface area contributed by atoms with Crippen LogP contribution in [0.2, 0.25) is 0 Å². The molecule has 2 heterocycles. The average molecular weight is 336 g/mol. The van der Waals surface area contributed by atoms with E-state index in [1.54, 1.807) is 25.1 Å². The SMILES string of the molecule is C[C@H](c1ccccc1F)[S@@](=O)Cc1noc(-c2ccsc2)n1. The molecule has 0 spiro atoms. The zero-order chi connectivity index (χ0) is 15.5. The predicted molar refractivity (Wildman–Crippen MR) is 84.3 cm³/mol. The fourth-order valence-electron chi connectivity index (χ4n) is 2.01. The lowest BCUT2D eigenvalue weighted by Gasteiger charge is -2.11. The highest BCUT2D eigenvalue weighted by molar-refractivity contribution is 7.84. The molecule has 0 N–H and O–H groups in total. The van der Waals surface area contributed by atoms with Crippen molar-refractivity contribution >= 4 is 22.1 Å². The number of nitrogens with zero attached hydrogens (tertiary/aromatic N) is 2. The van der Waals surface area contributed by atoms with Crippen molar-refractivity contribution in [3.8, 4) is 11.5 Å². The van der Waals surface area contributed by atoms with Gasteiger partial charge >= 0.3 is 0 Å². The second kappa shape index (κ2) is 6.50. The van der Waals surface area contributed by atoms with E-state index in [2.05, 4.69) is 10.1 Å². The second-order valence-electron chi connectivity index (χ2n) is 4.72. The highest BCUT2D eigenvalue weighted by atomic mass is 32.2. The fourth-order valence-corrected chi connectivity index (χ4v) is 3.74. The van der Waals surface area contributed by atoms with Crippen LogP contribution in [0, 0.1) is 5.82 Å². The Kier molecular flexibility index (Phi) is 4.44. The molecule has 22 heavy (non-hydrogen) atoms. The molecule has 0 saturated heterocycles. The van der Waals surface area contributed by atoms with E-state index in [0.29, 0.717) is 17.3 Å². The summed E-state index contributed by atoms with van der Waals surface area (Å²) in [6.07, 6.45) is 0. The molecule has 1 aromatic carbocycles. The fraction of sp³-hybridized carbons (Fsp3) is 0.200. The minimum Gasteiger partial charge on any atom is -0.334 e. The Balaban J connectivity index is 1.73. The quantitative estimate of drug-likeness (QED) is 0.708. The van der Waals surface area contributed by atoms with E-state index in [0.717, 1.165) is 5.56 Å². The minimum atomic E-state index is -1.33. The summed E-state index contributed by atoms with van der Waals surface area (Å²) in [5, 5.41) is 7.22. The number of thiophene rings is 1. The van der Waals surface area contributed by atoms with Crippen LogP contribution in [-0.4, -0.2) is 14.3 Å². The van der Waals surface area contributed by atoms with Gasteiger partial charge in [0.15, 0.2) is 5.82 Å². The number of hydrogen-bond donors (Lipinski definition) is 0. The van der Waals surface area contributed by atoms with Crippen molar-refractivity contribution in [1.82, 2.24) is 10.1 Å². The molecule has 3 rings (SSSR count). The van der Waals surface area contributed by atoms with Crippen molar-refractivity contribution in [3.63, 3.8) is 0 Å². The lowest BCUT2D eigenvalue weighted by Crippen LogP contribution is -2.08. The molecule has 0 aliphatic heterocycles. The molecular formula is C15H13FN2O2S2. The number of rotatable bonds is 5. The van der Waals surface area contributed by atoms with Gasteiger partial charge in [-0.05, 0) is 24.4 Å². The maximum Gasteiger partial charge on any atom is 0.258 e. The van der Waals surface area contributed by atoms with Gasteiger partial charge in [0.25, 0.3) is 5.89 Å². The number of benzene rings is 1. The van der Waals surface area contributed by atoms with Crippen molar-refractivity contribution < 1.29 is 13.1 Å². The normalized spacial score (nSPS) is 13.9. The second-order valence-corrected chi connectivity index (χ2v) is 7.25. The van der Waals surface area contributed by atoms with E-state index in [1.807, 2.05) is 16.8 Å². The molecule has 3 aromatic rings. The summed E-state index contributed by atoms with van der Waals surface area (Å²) < 4.78 is 31.3. The van der Waals surface area contributed by atoms with Crippen molar-refractivity contribution in [2.24, 2.45) is 0 Å². The molecule has 2 aromatic heterocycles. The highest BCUT2D eigenvalue weighted by Gasteiger charge is 2.20. The van der Waals surface area contributed by atoms with E-state index in [4.69, 9.17) is 4.52 Å². The van der Waals surface area contributed by atoms with Crippen molar-refractivity contribution in [3.05, 3.63) is 58.3 Å². The molecule has 0 radical (unpaired) electrons. The Bertz CT molecular complexity index is 786. The van der Waals surface area contributed by atoms with Gasteiger partial charge in [-0.15, -0.1) is 0 Å². The number of hydrogen-bond acceptors (Lipinski definition) is 5. The summed E-state index contributed by atoms with van der Waals surface area (Å²) in [7, 11) is -1.33. The van der Waals surface area contributed by atoms with Crippen LogP contribution in [0.5, 0.6) is 0 Å². The Hall–Kier alpha value is -1.86. The molecule has 0 saturated carbocycles. The van der Waals surface area contributed by atoms with Crippen LogP contribution in [0.3, 0.4) is 0 Å². The number of halogens is 1. The van der Waals surface area contributed by atoms with Crippen LogP contribution >= 0.6 is 11.3 Å². The van der Waals surface area contributed by atoms with Gasteiger partial charge in [0.1, 0.15) is 5.82 Å². The molecule has 0 amide bonds. The zero-order valence-corrected chi connectivity index (χ0v) is 13.4. The largest absolute Gasteiger partial charge is 0.334 e. The lowest BCUT2D eigenvalue weighted by molar-refractivity contribution is 0.425. The molecule has 7 heteroatoms. The monoisotopic (exact) mass is 336 g/mol. The standard InChI is InChI=1S/C15H13FN2O2S2/c1-10(12-4-2-3-5-13(12)16)22(19)9-14-17-15(20-18-14)11-6-7-21-8-11/h2-8,10H,9H2,1H3/t10-,22+/m1/s1. The van der Waals surface area contributed by atoms with E-state index < -0.39 is 16.0 Å². The first-order valence-corrected chi connectivity index (χ1v) is 8.94. The third kappa shape index (κ3) is 3.15. The zero-order valence-electron chi connectivity index (χ0n) is 11.7. The Morgan fingerprint density at radius 2 is 2.18 bits per heavy atom. The Morgan fingerprint density at radius 1 is 1.36 bits per heavy atom. The summed E-state index contributed by atoms with van der Waals surface area (Å²) in [6, 6.07) is 8.23. The summed E-state index contributed by atoms with van der Waals surface area (Å²) in [5.74, 6) is 0.549. The molecule has 4 nitrogen and oxygen atoms in total. The van der Waals surface area contributed by atoms with Crippen molar-refractivity contribution in [1.29, 1.82) is 0 Å². The van der Waals surface area contributed by atoms with Gasteiger partial charge in [0.05, 0.1) is 16.6 Å². The molecule has 0 aliphatic rings. The summed E-state index contributed by atoms with van der Waals surface area (Å²) in [6.45, 7) is 1.73. The molecule has 0 bridgehead atoms. The summed E-state index contributed by atoms with van der Waals surface area (Å²) >= 11 is 1.53. The van der Waals surface area contributed by atoms with E-state index in [-0.39, 0.29) is 11.6 Å². The predicted octanol–water partition coefficient (Wildman–Crippen LogP) is 3.95. The third-order valence-corrected chi connectivity index (χ3v) is 5.51. The maximum absolute atomic E-state index is 13.7. The first kappa shape index (κ1) is 15.1. The van der Waals surface area contributed by atoms with Crippen LogP contribution in [-0.2, 0) is 16.6 Å². The van der Waals surface area contributed by atoms with Crippen LogP contribution in [0.1, 0.15) is 23.6 Å². The average Bonchev–Trinajstić information content (AvgIpc) is 3.17. The van der Waals surface area contributed by atoms with Gasteiger partial charge in [-0.3, -0.25) is 4.21 Å². The lowest BCUT2D eigenvalue weighted by atomic mass is 10.1. The first-order chi connectivity index (χ1) is 10.6. The Labute approximate surface area is 133 Å². The van der Waals surface area contributed by atoms with Crippen LogP contribution in [0.4, 0.5) is 4.39 Å². The van der Waals surface area contributed by atoms with E-state index in [9.17, 15) is 8.60 Å². The van der Waals surface area contributed by atoms with E-state index >= 15 is 0 Å². The first-order valence-electron chi connectivity index (χ1n) is 6.62. The van der Waals surface area contributed by atoms with Gasteiger partial charge in [0.2, 0.25) is 0 Å². The van der Waals surface area contributed by atoms with Gasteiger partial charge < -0.3 is 4.52 Å². The van der Waals surface area contributed by atoms with Crippen LogP contribution in [0.15, 0.2) is 45.6 Å². The highest BCUT2D eigenvalue weighted by Crippen LogP contribution is 2.25. The maximum atomic E-state index is 13.7. The van der Waals surface area contributed by atoms with Crippen LogP contribution < -0.4 is 0 Å². The molecule has 0 fully saturated rings. The Morgan fingerprint density at radius 3 is 2.91 bits per heavy atom. The molecule has 2 atom stereocenters. The van der Waals surface area contributed by atoms with E-state index in [1.165, 1.54) is 17.4 Å². The summed E-state index contributed by atoms with van der Waals surface area (Å²) in [4.78, 5) is 4.23. The van der Waals surface area contributed by atoms with Crippen molar-refractivity contribution in [2.45, 2.75) is 17.9 Å². The summed E-state index contributed by atoms with van der Waals surface area (Å²) in [5.41, 5.74) is 1.28. The van der Waals surface area contributed by atoms with Gasteiger partial charge in [0, 0.05) is 21.7 Å². The van der Waals surface area contributed by atoms with Gasteiger partial charge in [-0.25, -0.2) is 4.39 Å². The van der Waals surface area contributed by atoms with Gasteiger partial charge in [-0.2, -0.15) is 16.3 Å². The van der Waals surface area contributed by atoms with Crippen molar-refractivity contribution in [2.75, 3.05) is 0 Å². The van der Waals surface area contributed by atoms with Gasteiger partial charge in [-0.1, -0.05) is 23.4 Å². The topological polar surface area (TPSA) is 56.0 Å². The van der Waals surface area contributed by atoms with Crippen LogP contribution in [0.25, 0.3) is 11.5 Å². The number of aromatic nitrogens is 2. The molecule has 0 unspecified atom stereocenters. The molecule has 0 aliphatic carbocycles. The molecular weight excluding hydrogens is 323 g/mol. The molecule has 114 valence electrons. The third-order valence-electron chi connectivity index (χ3n) is 3.25. The smallest absolute Gasteiger partial charge is 0.258 e. The minimum absolute atomic E-state index is 0.128.